The number of esters is 1. The number of aldehydes is 1. The number of allylic oxidation sites excluding steroid dienone is 2. The van der Waals surface area contributed by atoms with Gasteiger partial charge in [-0.3, -0.25) is 14.4 Å². The molecule has 6 heteroatoms. The number of amides is 1. The van der Waals surface area contributed by atoms with Crippen LogP contribution in [0.2, 0.25) is 0 Å². The highest BCUT2D eigenvalue weighted by Gasteiger charge is 2.31. The van der Waals surface area contributed by atoms with E-state index in [-0.39, 0.29) is 24.4 Å². The van der Waals surface area contributed by atoms with E-state index in [1.165, 1.54) is 0 Å². The lowest BCUT2D eigenvalue weighted by molar-refractivity contribution is -0.145. The molecule has 0 radical (unpaired) electrons. The monoisotopic (exact) mass is 295 g/mol. The van der Waals surface area contributed by atoms with Gasteiger partial charge in [0.05, 0.1) is 0 Å². The number of rotatable bonds is 8. The third-order valence-corrected chi connectivity index (χ3v) is 3.24. The van der Waals surface area contributed by atoms with Crippen LogP contribution in [-0.4, -0.2) is 30.0 Å². The molecule has 0 unspecified atom stereocenters. The molecule has 0 saturated carbocycles. The molecule has 1 aliphatic rings. The quantitative estimate of drug-likeness (QED) is 0.240. The maximum Gasteiger partial charge on any atom is 0.334 e. The van der Waals surface area contributed by atoms with Crippen molar-refractivity contribution in [2.75, 3.05) is 0 Å². The minimum atomic E-state index is -0.829. The second-order valence-corrected chi connectivity index (χ2v) is 4.99. The molecule has 0 aromatic rings. The van der Waals surface area contributed by atoms with Gasteiger partial charge in [0.1, 0.15) is 6.04 Å². The summed E-state index contributed by atoms with van der Waals surface area (Å²) in [6, 6.07) is -0.739. The fourth-order valence-corrected chi connectivity index (χ4v) is 2.27. The maximum atomic E-state index is 12.0. The van der Waals surface area contributed by atoms with Crippen molar-refractivity contribution < 1.29 is 23.9 Å². The van der Waals surface area contributed by atoms with Crippen molar-refractivity contribution in [3.8, 4) is 0 Å². The molecule has 1 atom stereocenters. The van der Waals surface area contributed by atoms with Crippen LogP contribution in [0.3, 0.4) is 0 Å². The van der Waals surface area contributed by atoms with Gasteiger partial charge >= 0.3 is 5.97 Å². The van der Waals surface area contributed by atoms with Crippen molar-refractivity contribution in [2.45, 2.75) is 58.4 Å². The van der Waals surface area contributed by atoms with Crippen molar-refractivity contribution in [3.05, 3.63) is 11.3 Å². The van der Waals surface area contributed by atoms with Gasteiger partial charge in [0.25, 0.3) is 5.78 Å². The van der Waals surface area contributed by atoms with Crippen LogP contribution in [0.15, 0.2) is 11.3 Å². The summed E-state index contributed by atoms with van der Waals surface area (Å²) < 4.78 is 5.15. The second-order valence-electron chi connectivity index (χ2n) is 4.99. The van der Waals surface area contributed by atoms with Gasteiger partial charge < -0.3 is 10.1 Å². The topological polar surface area (TPSA) is 89.5 Å². The Balaban J connectivity index is 2.93. The first-order valence-electron chi connectivity index (χ1n) is 7.26. The summed E-state index contributed by atoms with van der Waals surface area (Å²) in [6.07, 6.45) is 3.50. The van der Waals surface area contributed by atoms with E-state index < -0.39 is 17.8 Å². The molecule has 6 nitrogen and oxygen atoms in total. The Morgan fingerprint density at radius 3 is 2.33 bits per heavy atom. The average Bonchev–Trinajstić information content (AvgIpc) is 2.90. The summed E-state index contributed by atoms with van der Waals surface area (Å²) in [6.45, 7) is 3.88. The predicted molar refractivity (Wildman–Crippen MR) is 75.2 cm³/mol. The highest BCUT2D eigenvalue weighted by Crippen LogP contribution is 2.20. The van der Waals surface area contributed by atoms with Crippen LogP contribution in [0.25, 0.3) is 0 Å². The zero-order valence-electron chi connectivity index (χ0n) is 12.4. The van der Waals surface area contributed by atoms with E-state index in [4.69, 9.17) is 4.74 Å². The number of hydrogen-bond acceptors (Lipinski definition) is 5. The van der Waals surface area contributed by atoms with Crippen molar-refractivity contribution in [3.63, 3.8) is 0 Å². The first-order chi connectivity index (χ1) is 10.0. The molecule has 0 aliphatic carbocycles. The van der Waals surface area contributed by atoms with Crippen LogP contribution in [0.5, 0.6) is 0 Å². The Kier molecular flexibility index (Phi) is 6.78. The van der Waals surface area contributed by atoms with E-state index in [9.17, 15) is 19.2 Å². The summed E-state index contributed by atoms with van der Waals surface area (Å²) in [7, 11) is 0. The largest absolute Gasteiger partial charge is 0.421 e. The third kappa shape index (κ3) is 4.81. The van der Waals surface area contributed by atoms with Gasteiger partial charge in [-0.25, -0.2) is 4.79 Å². The SMILES string of the molecule is CCCC(CCC)=C(OC(=O)[C@@H]1CCC(=O)N1)C(=O)C=O. The van der Waals surface area contributed by atoms with E-state index in [0.29, 0.717) is 24.8 Å². The molecule has 1 saturated heterocycles. The number of carbonyl (C=O) groups excluding carboxylic acids is 4. The summed E-state index contributed by atoms with van der Waals surface area (Å²) in [5.74, 6) is -1.90. The smallest absolute Gasteiger partial charge is 0.334 e. The normalized spacial score (nSPS) is 17.0. The maximum absolute atomic E-state index is 12.0. The Morgan fingerprint density at radius 1 is 1.29 bits per heavy atom. The Bertz CT molecular complexity index is 459. The lowest BCUT2D eigenvalue weighted by atomic mass is 10.0. The Hall–Kier alpha value is -1.98. The van der Waals surface area contributed by atoms with Gasteiger partial charge in [0.15, 0.2) is 12.0 Å². The van der Waals surface area contributed by atoms with Crippen LogP contribution in [-0.2, 0) is 23.9 Å². The van der Waals surface area contributed by atoms with E-state index in [1.807, 2.05) is 13.8 Å². The summed E-state index contributed by atoms with van der Waals surface area (Å²) >= 11 is 0. The molecule has 1 amide bonds. The minimum Gasteiger partial charge on any atom is -0.421 e. The van der Waals surface area contributed by atoms with Crippen LogP contribution < -0.4 is 5.32 Å². The van der Waals surface area contributed by atoms with Gasteiger partial charge in [-0.05, 0) is 24.8 Å². The van der Waals surface area contributed by atoms with Crippen LogP contribution in [0, 0.1) is 0 Å². The first kappa shape index (κ1) is 17.1. The van der Waals surface area contributed by atoms with Crippen molar-refractivity contribution in [2.24, 2.45) is 0 Å². The molecular weight excluding hydrogens is 274 g/mol. The van der Waals surface area contributed by atoms with Crippen LogP contribution in [0.1, 0.15) is 52.4 Å². The molecular formula is C15H21NO5. The molecule has 0 aromatic carbocycles. The molecule has 0 aromatic heterocycles. The molecule has 1 N–H and O–H groups in total. The number of Topliss-reactive ketones (excluding diaryl/α,β-unsaturated/α-hetero) is 1. The van der Waals surface area contributed by atoms with Crippen molar-refractivity contribution in [1.82, 2.24) is 5.32 Å². The Morgan fingerprint density at radius 2 is 1.90 bits per heavy atom. The summed E-state index contributed by atoms with van der Waals surface area (Å²) in [5.41, 5.74) is 0.676. The zero-order valence-corrected chi connectivity index (χ0v) is 12.4. The number of hydrogen-bond donors (Lipinski definition) is 1. The second kappa shape index (κ2) is 8.34. The number of ketones is 1. The Labute approximate surface area is 123 Å². The fraction of sp³-hybridized carbons (Fsp3) is 0.600. The summed E-state index contributed by atoms with van der Waals surface area (Å²) in [4.78, 5) is 45.6. The van der Waals surface area contributed by atoms with Gasteiger partial charge in [-0.2, -0.15) is 0 Å². The standard InChI is InChI=1S/C15H21NO5/c1-3-5-10(6-4-2)14(12(18)9-17)21-15(20)11-7-8-13(19)16-11/h9,11H,3-8H2,1-2H3,(H,16,19)/t11-/m0/s1. The van der Waals surface area contributed by atoms with E-state index in [1.54, 1.807) is 0 Å². The summed E-state index contributed by atoms with van der Waals surface area (Å²) in [5, 5.41) is 2.48. The number of carbonyl (C=O) groups is 4. The number of nitrogens with one attached hydrogen (secondary N) is 1. The third-order valence-electron chi connectivity index (χ3n) is 3.24. The lowest BCUT2D eigenvalue weighted by Crippen LogP contribution is -2.35. The van der Waals surface area contributed by atoms with Crippen LogP contribution >= 0.6 is 0 Å². The van der Waals surface area contributed by atoms with E-state index >= 15 is 0 Å². The average molecular weight is 295 g/mol. The lowest BCUT2D eigenvalue weighted by Gasteiger charge is -2.14. The van der Waals surface area contributed by atoms with Crippen molar-refractivity contribution >= 4 is 23.9 Å². The molecule has 1 aliphatic heterocycles. The molecule has 21 heavy (non-hydrogen) atoms. The predicted octanol–water partition coefficient (Wildman–Crippen LogP) is 1.43. The molecule has 0 bridgehead atoms. The van der Waals surface area contributed by atoms with Crippen LogP contribution in [0.4, 0.5) is 0 Å². The van der Waals surface area contributed by atoms with Gasteiger partial charge in [0.2, 0.25) is 5.91 Å². The number of ether oxygens (including phenoxy) is 1. The zero-order chi connectivity index (χ0) is 15.8. The van der Waals surface area contributed by atoms with Gasteiger partial charge in [0, 0.05) is 6.42 Å². The van der Waals surface area contributed by atoms with Crippen molar-refractivity contribution in [1.29, 1.82) is 0 Å². The molecule has 0 spiro atoms. The minimum absolute atomic E-state index is 0.154. The highest BCUT2D eigenvalue weighted by atomic mass is 16.5. The van der Waals surface area contributed by atoms with E-state index in [0.717, 1.165) is 12.8 Å². The fourth-order valence-electron chi connectivity index (χ4n) is 2.27. The van der Waals surface area contributed by atoms with Gasteiger partial charge in [-0.1, -0.05) is 26.7 Å². The van der Waals surface area contributed by atoms with Gasteiger partial charge in [-0.15, -0.1) is 0 Å². The highest BCUT2D eigenvalue weighted by molar-refractivity contribution is 6.32. The first-order valence-corrected chi connectivity index (χ1v) is 7.26. The molecule has 1 rings (SSSR count). The van der Waals surface area contributed by atoms with E-state index in [2.05, 4.69) is 5.32 Å². The molecule has 1 fully saturated rings. The molecule has 1 heterocycles. The molecule has 116 valence electrons.